The van der Waals surface area contributed by atoms with Crippen LogP contribution >= 0.6 is 0 Å². The van der Waals surface area contributed by atoms with Crippen LogP contribution in [0.15, 0.2) is 66.7 Å². The number of pyridine rings is 1. The van der Waals surface area contributed by atoms with Gasteiger partial charge in [-0.15, -0.1) is 0 Å². The smallest absolute Gasteiger partial charge is 0.266 e. The molecule has 122 valence electrons. The third-order valence-electron chi connectivity index (χ3n) is 4.13. The van der Waals surface area contributed by atoms with Gasteiger partial charge in [0.2, 0.25) is 5.88 Å². The molecule has 0 radical (unpaired) electrons. The Morgan fingerprint density at radius 1 is 0.840 bits per heavy atom. The van der Waals surface area contributed by atoms with Gasteiger partial charge in [-0.3, -0.25) is 9.59 Å². The number of anilines is 1. The van der Waals surface area contributed by atoms with Gasteiger partial charge >= 0.3 is 0 Å². The molecule has 1 aliphatic heterocycles. The minimum absolute atomic E-state index is 0.309. The number of nitrogens with zero attached hydrogens (tertiary/aromatic N) is 2. The van der Waals surface area contributed by atoms with E-state index in [-0.39, 0.29) is 11.8 Å². The van der Waals surface area contributed by atoms with Gasteiger partial charge in [0.15, 0.2) is 0 Å². The van der Waals surface area contributed by atoms with Crippen LogP contribution in [0, 0.1) is 0 Å². The lowest BCUT2D eigenvalue weighted by molar-refractivity contribution is 0.0926. The number of hydrogen-bond donors (Lipinski definition) is 0. The summed E-state index contributed by atoms with van der Waals surface area (Å²) in [6, 6.07) is 19.5. The topological polar surface area (TPSA) is 59.5 Å². The molecule has 0 atom stereocenters. The Kier molecular flexibility index (Phi) is 3.54. The van der Waals surface area contributed by atoms with E-state index in [1.807, 2.05) is 18.2 Å². The lowest BCUT2D eigenvalue weighted by atomic mass is 10.1. The van der Waals surface area contributed by atoms with Gasteiger partial charge in [0.25, 0.3) is 11.8 Å². The summed E-state index contributed by atoms with van der Waals surface area (Å²) in [5.41, 5.74) is 2.88. The van der Waals surface area contributed by atoms with Crippen molar-refractivity contribution in [3.63, 3.8) is 0 Å². The van der Waals surface area contributed by atoms with Gasteiger partial charge in [0.1, 0.15) is 0 Å². The molecule has 5 nitrogen and oxygen atoms in total. The summed E-state index contributed by atoms with van der Waals surface area (Å²) in [5.74, 6) is -0.115. The van der Waals surface area contributed by atoms with Crippen LogP contribution in [0.3, 0.4) is 0 Å². The maximum absolute atomic E-state index is 12.6. The van der Waals surface area contributed by atoms with Crippen LogP contribution in [0.4, 0.5) is 5.69 Å². The van der Waals surface area contributed by atoms with Crippen molar-refractivity contribution in [3.8, 4) is 17.1 Å². The predicted molar refractivity (Wildman–Crippen MR) is 93.8 cm³/mol. The second kappa shape index (κ2) is 5.87. The number of fused-ring (bicyclic) bond motifs is 1. The van der Waals surface area contributed by atoms with Crippen LogP contribution in [0.5, 0.6) is 5.88 Å². The van der Waals surface area contributed by atoms with Crippen molar-refractivity contribution in [1.82, 2.24) is 4.98 Å². The number of aromatic nitrogens is 1. The molecule has 0 spiro atoms. The highest BCUT2D eigenvalue weighted by atomic mass is 16.5. The monoisotopic (exact) mass is 330 g/mol. The lowest BCUT2D eigenvalue weighted by Gasteiger charge is -2.15. The van der Waals surface area contributed by atoms with Crippen molar-refractivity contribution in [2.45, 2.75) is 0 Å². The Balaban J connectivity index is 1.76. The molecule has 5 heteroatoms. The molecule has 0 bridgehead atoms. The minimum Gasteiger partial charge on any atom is -0.481 e. The van der Waals surface area contributed by atoms with E-state index in [1.54, 1.807) is 55.6 Å². The van der Waals surface area contributed by atoms with Gasteiger partial charge in [-0.25, -0.2) is 9.88 Å². The highest BCUT2D eigenvalue weighted by molar-refractivity contribution is 6.34. The van der Waals surface area contributed by atoms with Crippen molar-refractivity contribution in [2.75, 3.05) is 12.0 Å². The molecule has 2 heterocycles. The van der Waals surface area contributed by atoms with E-state index in [4.69, 9.17) is 4.74 Å². The molecule has 0 N–H and O–H groups in total. The number of carbonyl (C=O) groups excluding carboxylic acids is 2. The first-order valence-corrected chi connectivity index (χ1v) is 7.78. The van der Waals surface area contributed by atoms with Crippen LogP contribution in [0.25, 0.3) is 11.3 Å². The summed E-state index contributed by atoms with van der Waals surface area (Å²) in [7, 11) is 1.56. The maximum Gasteiger partial charge on any atom is 0.266 e. The van der Waals surface area contributed by atoms with Gasteiger partial charge in [-0.1, -0.05) is 30.3 Å². The highest BCUT2D eigenvalue weighted by Gasteiger charge is 2.36. The van der Waals surface area contributed by atoms with Crippen LogP contribution in [0.1, 0.15) is 20.7 Å². The zero-order valence-corrected chi connectivity index (χ0v) is 13.5. The number of ether oxygens (including phenoxy) is 1. The van der Waals surface area contributed by atoms with Gasteiger partial charge in [0, 0.05) is 11.6 Å². The van der Waals surface area contributed by atoms with E-state index >= 15 is 0 Å². The number of amides is 2. The quantitative estimate of drug-likeness (QED) is 0.689. The molecule has 0 fully saturated rings. The number of methoxy groups -OCH3 is 1. The van der Waals surface area contributed by atoms with E-state index in [2.05, 4.69) is 4.98 Å². The first kappa shape index (κ1) is 15.1. The fraction of sp³-hybridized carbons (Fsp3) is 0.0500. The van der Waals surface area contributed by atoms with Gasteiger partial charge < -0.3 is 4.74 Å². The van der Waals surface area contributed by atoms with E-state index in [0.29, 0.717) is 28.4 Å². The number of carbonyl (C=O) groups is 2. The number of imide groups is 1. The molecular formula is C20H14N2O3. The molecule has 1 aromatic heterocycles. The predicted octanol–water partition coefficient (Wildman–Crippen LogP) is 3.56. The molecule has 2 amide bonds. The zero-order valence-electron chi connectivity index (χ0n) is 13.5. The fourth-order valence-corrected chi connectivity index (χ4v) is 2.92. The van der Waals surface area contributed by atoms with E-state index in [0.717, 1.165) is 5.56 Å². The van der Waals surface area contributed by atoms with Crippen molar-refractivity contribution < 1.29 is 14.3 Å². The molecule has 2 aromatic carbocycles. The molecule has 0 unspecified atom stereocenters. The molecule has 4 rings (SSSR count). The van der Waals surface area contributed by atoms with Gasteiger partial charge in [0.05, 0.1) is 29.6 Å². The Labute approximate surface area is 144 Å². The highest BCUT2D eigenvalue weighted by Crippen LogP contribution is 2.31. The van der Waals surface area contributed by atoms with E-state index in [1.165, 1.54) is 4.90 Å². The first-order valence-electron chi connectivity index (χ1n) is 7.78. The summed E-state index contributed by atoms with van der Waals surface area (Å²) in [5, 5.41) is 0. The zero-order chi connectivity index (χ0) is 17.4. The number of benzene rings is 2. The summed E-state index contributed by atoms with van der Waals surface area (Å²) in [4.78, 5) is 30.8. The summed E-state index contributed by atoms with van der Waals surface area (Å²) in [6.07, 6.45) is 0. The van der Waals surface area contributed by atoms with E-state index in [9.17, 15) is 9.59 Å². The SMILES string of the molecule is COc1cccc(-c2cccc(N3C(=O)c4ccccc4C3=O)c2)n1. The molecular weight excluding hydrogens is 316 g/mol. The standard InChI is InChI=1S/C20H14N2O3/c1-25-18-11-5-10-17(21-18)13-6-4-7-14(12-13)22-19(23)15-8-2-3-9-16(15)20(22)24/h2-12H,1H3. The minimum atomic E-state index is -0.309. The van der Waals surface area contributed by atoms with Crippen molar-refractivity contribution in [3.05, 3.63) is 77.9 Å². The van der Waals surface area contributed by atoms with Crippen LogP contribution in [0.2, 0.25) is 0 Å². The van der Waals surface area contributed by atoms with Gasteiger partial charge in [-0.05, 0) is 30.3 Å². The molecule has 1 aliphatic rings. The summed E-state index contributed by atoms with van der Waals surface area (Å²) < 4.78 is 5.15. The molecule has 0 saturated carbocycles. The number of rotatable bonds is 3. The van der Waals surface area contributed by atoms with E-state index < -0.39 is 0 Å². The summed E-state index contributed by atoms with van der Waals surface area (Å²) in [6.45, 7) is 0. The molecule has 3 aromatic rings. The van der Waals surface area contributed by atoms with Gasteiger partial charge in [-0.2, -0.15) is 0 Å². The van der Waals surface area contributed by atoms with Crippen LogP contribution in [-0.2, 0) is 0 Å². The second-order valence-electron chi connectivity index (χ2n) is 5.61. The Bertz CT molecular complexity index is 962. The largest absolute Gasteiger partial charge is 0.481 e. The van der Waals surface area contributed by atoms with Crippen molar-refractivity contribution in [1.29, 1.82) is 0 Å². The maximum atomic E-state index is 12.6. The lowest BCUT2D eigenvalue weighted by Crippen LogP contribution is -2.29. The second-order valence-corrected chi connectivity index (χ2v) is 5.61. The number of hydrogen-bond acceptors (Lipinski definition) is 4. The fourth-order valence-electron chi connectivity index (χ4n) is 2.92. The average Bonchev–Trinajstić information content (AvgIpc) is 2.93. The normalized spacial score (nSPS) is 13.1. The van der Waals surface area contributed by atoms with Crippen molar-refractivity contribution in [2.24, 2.45) is 0 Å². The van der Waals surface area contributed by atoms with Crippen LogP contribution in [-0.4, -0.2) is 23.9 Å². The molecule has 25 heavy (non-hydrogen) atoms. The Hall–Kier alpha value is -3.47. The van der Waals surface area contributed by atoms with Crippen molar-refractivity contribution >= 4 is 17.5 Å². The Morgan fingerprint density at radius 3 is 2.20 bits per heavy atom. The first-order chi connectivity index (χ1) is 12.2. The van der Waals surface area contributed by atoms with Crippen LogP contribution < -0.4 is 9.64 Å². The molecule has 0 saturated heterocycles. The summed E-state index contributed by atoms with van der Waals surface area (Å²) >= 11 is 0. The average molecular weight is 330 g/mol. The Morgan fingerprint density at radius 2 is 1.52 bits per heavy atom. The third kappa shape index (κ3) is 2.46. The third-order valence-corrected chi connectivity index (χ3v) is 4.13. The molecule has 0 aliphatic carbocycles.